The average Bonchev–Trinajstić information content (AvgIpc) is 3.31. The molecule has 0 N–H and O–H groups in total. The van der Waals surface area contributed by atoms with Crippen molar-refractivity contribution < 1.29 is 9.32 Å². The number of nitrogens with zero attached hydrogens (tertiary/aromatic N) is 4. The largest absolute Gasteiger partial charge is 0.337 e. The number of likely N-dealkylation sites (tertiary alicyclic amines) is 1. The van der Waals surface area contributed by atoms with Crippen LogP contribution in [0.5, 0.6) is 0 Å². The van der Waals surface area contributed by atoms with Gasteiger partial charge in [0.25, 0.3) is 5.91 Å². The summed E-state index contributed by atoms with van der Waals surface area (Å²) >= 11 is 0. The van der Waals surface area contributed by atoms with E-state index >= 15 is 0 Å². The molecule has 1 aliphatic heterocycles. The van der Waals surface area contributed by atoms with Crippen LogP contribution in [0.25, 0.3) is 11.4 Å². The first kappa shape index (κ1) is 15.5. The second-order valence-corrected chi connectivity index (χ2v) is 6.20. The van der Waals surface area contributed by atoms with E-state index in [0.29, 0.717) is 24.0 Å². The number of aromatic nitrogens is 3. The first-order chi connectivity index (χ1) is 12.2. The number of hydrogen-bond donors (Lipinski definition) is 0. The van der Waals surface area contributed by atoms with Crippen LogP contribution in [0.3, 0.4) is 0 Å². The molecule has 1 fully saturated rings. The van der Waals surface area contributed by atoms with Crippen molar-refractivity contribution in [1.29, 1.82) is 0 Å². The second kappa shape index (κ2) is 6.47. The Labute approximate surface area is 145 Å². The summed E-state index contributed by atoms with van der Waals surface area (Å²) in [4.78, 5) is 23.2. The molecular weight excluding hydrogens is 316 g/mol. The van der Waals surface area contributed by atoms with E-state index in [9.17, 15) is 4.79 Å². The highest BCUT2D eigenvalue weighted by atomic mass is 16.5. The molecule has 2 aromatic heterocycles. The van der Waals surface area contributed by atoms with Crippen molar-refractivity contribution in [2.24, 2.45) is 0 Å². The maximum atomic E-state index is 12.7. The predicted octanol–water partition coefficient (Wildman–Crippen LogP) is 3.42. The van der Waals surface area contributed by atoms with Gasteiger partial charge in [-0.05, 0) is 38.0 Å². The van der Waals surface area contributed by atoms with Gasteiger partial charge < -0.3 is 9.42 Å². The average molecular weight is 334 g/mol. The lowest BCUT2D eigenvalue weighted by molar-refractivity contribution is 0.0704. The lowest BCUT2D eigenvalue weighted by Crippen LogP contribution is -2.31. The summed E-state index contributed by atoms with van der Waals surface area (Å²) < 4.78 is 5.48. The number of pyridine rings is 1. The van der Waals surface area contributed by atoms with E-state index in [1.54, 1.807) is 23.2 Å². The number of benzene rings is 1. The third-order valence-electron chi connectivity index (χ3n) is 4.40. The monoisotopic (exact) mass is 334 g/mol. The fraction of sp³-hybridized carbons (Fsp3) is 0.263. The number of rotatable bonds is 3. The van der Waals surface area contributed by atoms with Crippen LogP contribution >= 0.6 is 0 Å². The maximum absolute atomic E-state index is 12.7. The molecular formula is C19H18N4O2. The molecule has 1 aromatic carbocycles. The SMILES string of the molecule is Cc1cccc(-c2noc([C@H]3CCCN3C(=O)c3ccccn3)n2)c1. The lowest BCUT2D eigenvalue weighted by Gasteiger charge is -2.21. The standard InChI is InChI=1S/C19H18N4O2/c1-13-6-4-7-14(12-13)17-21-18(25-22-17)16-9-5-11-23(16)19(24)15-8-2-3-10-20-15/h2-4,6-8,10,12,16H,5,9,11H2,1H3/t16-/m1/s1. The summed E-state index contributed by atoms with van der Waals surface area (Å²) in [5.74, 6) is 0.938. The van der Waals surface area contributed by atoms with Crippen LogP contribution < -0.4 is 0 Å². The van der Waals surface area contributed by atoms with E-state index in [-0.39, 0.29) is 11.9 Å². The van der Waals surface area contributed by atoms with Gasteiger partial charge in [0.15, 0.2) is 0 Å². The molecule has 0 bridgehead atoms. The van der Waals surface area contributed by atoms with Gasteiger partial charge in [-0.3, -0.25) is 9.78 Å². The van der Waals surface area contributed by atoms with Gasteiger partial charge in [0.05, 0.1) is 0 Å². The minimum atomic E-state index is -0.194. The minimum absolute atomic E-state index is 0.0987. The summed E-state index contributed by atoms with van der Waals surface area (Å²) in [7, 11) is 0. The normalized spacial score (nSPS) is 17.0. The summed E-state index contributed by atoms with van der Waals surface area (Å²) in [5.41, 5.74) is 2.49. The fourth-order valence-corrected chi connectivity index (χ4v) is 3.17. The Morgan fingerprint density at radius 2 is 2.16 bits per heavy atom. The van der Waals surface area contributed by atoms with Crippen LogP contribution in [0.15, 0.2) is 53.2 Å². The summed E-state index contributed by atoms with van der Waals surface area (Å²) in [5, 5.41) is 4.10. The topological polar surface area (TPSA) is 72.1 Å². The van der Waals surface area contributed by atoms with Gasteiger partial charge in [-0.25, -0.2) is 0 Å². The van der Waals surface area contributed by atoms with Crippen LogP contribution in [0.4, 0.5) is 0 Å². The van der Waals surface area contributed by atoms with E-state index in [0.717, 1.165) is 24.0 Å². The van der Waals surface area contributed by atoms with Gasteiger partial charge in [-0.15, -0.1) is 0 Å². The molecule has 6 heteroatoms. The molecule has 3 aromatic rings. The van der Waals surface area contributed by atoms with E-state index in [4.69, 9.17) is 4.52 Å². The molecule has 126 valence electrons. The van der Waals surface area contributed by atoms with Crippen molar-refractivity contribution in [1.82, 2.24) is 20.0 Å². The Morgan fingerprint density at radius 1 is 1.24 bits per heavy atom. The van der Waals surface area contributed by atoms with Crippen molar-refractivity contribution in [3.05, 3.63) is 65.8 Å². The number of carbonyl (C=O) groups is 1. The van der Waals surface area contributed by atoms with Crippen LogP contribution in [0.1, 0.15) is 40.8 Å². The molecule has 3 heterocycles. The maximum Gasteiger partial charge on any atom is 0.273 e. The molecule has 1 saturated heterocycles. The summed E-state index contributed by atoms with van der Waals surface area (Å²) in [6, 6.07) is 13.1. The lowest BCUT2D eigenvalue weighted by atomic mass is 10.1. The van der Waals surface area contributed by atoms with Crippen LogP contribution in [0, 0.1) is 6.92 Å². The molecule has 0 radical (unpaired) electrons. The zero-order chi connectivity index (χ0) is 17.2. The zero-order valence-electron chi connectivity index (χ0n) is 13.9. The van der Waals surface area contributed by atoms with Crippen LogP contribution in [0.2, 0.25) is 0 Å². The van der Waals surface area contributed by atoms with Gasteiger partial charge in [0.1, 0.15) is 11.7 Å². The van der Waals surface area contributed by atoms with E-state index in [1.807, 2.05) is 37.3 Å². The smallest absolute Gasteiger partial charge is 0.273 e. The minimum Gasteiger partial charge on any atom is -0.337 e. The first-order valence-corrected chi connectivity index (χ1v) is 8.35. The van der Waals surface area contributed by atoms with Gasteiger partial charge in [0, 0.05) is 18.3 Å². The Morgan fingerprint density at radius 3 is 2.96 bits per heavy atom. The fourth-order valence-electron chi connectivity index (χ4n) is 3.17. The molecule has 0 spiro atoms. The van der Waals surface area contributed by atoms with Crippen molar-refractivity contribution in [2.45, 2.75) is 25.8 Å². The zero-order valence-corrected chi connectivity index (χ0v) is 13.9. The number of aryl methyl sites for hydroxylation is 1. The molecule has 1 aliphatic rings. The highest BCUT2D eigenvalue weighted by Gasteiger charge is 2.35. The third-order valence-corrected chi connectivity index (χ3v) is 4.40. The molecule has 0 saturated carbocycles. The van der Waals surface area contributed by atoms with Gasteiger partial charge in [0.2, 0.25) is 11.7 Å². The third kappa shape index (κ3) is 3.03. The molecule has 1 atom stereocenters. The van der Waals surface area contributed by atoms with E-state index < -0.39 is 0 Å². The van der Waals surface area contributed by atoms with Crippen molar-refractivity contribution in [3.8, 4) is 11.4 Å². The molecule has 6 nitrogen and oxygen atoms in total. The summed E-state index contributed by atoms with van der Waals surface area (Å²) in [6.07, 6.45) is 3.35. The summed E-state index contributed by atoms with van der Waals surface area (Å²) in [6.45, 7) is 2.69. The highest BCUT2D eigenvalue weighted by molar-refractivity contribution is 5.92. The second-order valence-electron chi connectivity index (χ2n) is 6.20. The van der Waals surface area contributed by atoms with Crippen molar-refractivity contribution in [3.63, 3.8) is 0 Å². The Balaban J connectivity index is 1.60. The Kier molecular flexibility index (Phi) is 4.01. The van der Waals surface area contributed by atoms with E-state index in [1.165, 1.54) is 0 Å². The quantitative estimate of drug-likeness (QED) is 0.734. The molecule has 1 amide bonds. The van der Waals surface area contributed by atoms with Crippen LogP contribution in [-0.4, -0.2) is 32.5 Å². The number of carbonyl (C=O) groups excluding carboxylic acids is 1. The predicted molar refractivity (Wildman–Crippen MR) is 91.7 cm³/mol. The van der Waals surface area contributed by atoms with Gasteiger partial charge in [-0.2, -0.15) is 4.98 Å². The molecule has 0 unspecified atom stereocenters. The molecule has 0 aliphatic carbocycles. The Bertz CT molecular complexity index is 891. The molecule has 4 rings (SSSR count). The molecule has 25 heavy (non-hydrogen) atoms. The van der Waals surface area contributed by atoms with Crippen molar-refractivity contribution >= 4 is 5.91 Å². The van der Waals surface area contributed by atoms with E-state index in [2.05, 4.69) is 15.1 Å². The number of amides is 1. The van der Waals surface area contributed by atoms with Crippen molar-refractivity contribution in [2.75, 3.05) is 6.54 Å². The van der Waals surface area contributed by atoms with Gasteiger partial charge >= 0.3 is 0 Å². The highest BCUT2D eigenvalue weighted by Crippen LogP contribution is 2.33. The van der Waals surface area contributed by atoms with Crippen LogP contribution in [-0.2, 0) is 0 Å². The number of hydrogen-bond acceptors (Lipinski definition) is 5. The first-order valence-electron chi connectivity index (χ1n) is 8.35. The van der Waals surface area contributed by atoms with Gasteiger partial charge in [-0.1, -0.05) is 35.0 Å². The Hall–Kier alpha value is -3.02.